The zero-order chi connectivity index (χ0) is 17.5. The monoisotopic (exact) mass is 389 g/mol. The van der Waals surface area contributed by atoms with Crippen molar-refractivity contribution in [3.05, 3.63) is 106 Å². The Morgan fingerprint density at radius 1 is 0.800 bits per heavy atom. The van der Waals surface area contributed by atoms with Crippen molar-refractivity contribution in [2.75, 3.05) is 0 Å². The lowest BCUT2D eigenvalue weighted by Crippen LogP contribution is -1.92. The molecule has 0 aliphatic heterocycles. The highest BCUT2D eigenvalue weighted by molar-refractivity contribution is 9.10. The Labute approximate surface area is 155 Å². The van der Waals surface area contributed by atoms with E-state index in [-0.39, 0.29) is 5.78 Å². The largest absolute Gasteiger partial charge is 0.289 e. The molecule has 3 rings (SSSR count). The summed E-state index contributed by atoms with van der Waals surface area (Å²) in [6, 6.07) is 24.9. The van der Waals surface area contributed by atoms with Crippen LogP contribution in [-0.4, -0.2) is 12.0 Å². The lowest BCUT2D eigenvalue weighted by molar-refractivity contribution is 0.104. The molecular formula is C22H16BrNO. The van der Waals surface area contributed by atoms with E-state index in [9.17, 15) is 4.79 Å². The van der Waals surface area contributed by atoms with Crippen LogP contribution < -0.4 is 0 Å². The normalized spacial score (nSPS) is 11.2. The lowest BCUT2D eigenvalue weighted by Gasteiger charge is -2.01. The fraction of sp³-hybridized carbons (Fsp3) is 0. The van der Waals surface area contributed by atoms with Gasteiger partial charge in [0.15, 0.2) is 5.78 Å². The van der Waals surface area contributed by atoms with E-state index in [4.69, 9.17) is 0 Å². The van der Waals surface area contributed by atoms with Gasteiger partial charge in [0.25, 0.3) is 0 Å². The van der Waals surface area contributed by atoms with Gasteiger partial charge in [-0.05, 0) is 24.3 Å². The Morgan fingerprint density at radius 2 is 1.44 bits per heavy atom. The maximum atomic E-state index is 12.2. The van der Waals surface area contributed by atoms with E-state index >= 15 is 0 Å². The highest BCUT2D eigenvalue weighted by Gasteiger charge is 2.02. The van der Waals surface area contributed by atoms with Crippen LogP contribution in [0.25, 0.3) is 6.08 Å². The second-order valence-corrected chi connectivity index (χ2v) is 6.26. The number of benzene rings is 3. The van der Waals surface area contributed by atoms with Gasteiger partial charge in [-0.1, -0.05) is 82.7 Å². The summed E-state index contributed by atoms with van der Waals surface area (Å²) in [7, 11) is 0. The van der Waals surface area contributed by atoms with Gasteiger partial charge in [-0.25, -0.2) is 0 Å². The molecular weight excluding hydrogens is 374 g/mol. The van der Waals surface area contributed by atoms with Crippen molar-refractivity contribution in [1.82, 2.24) is 0 Å². The molecule has 0 unspecified atom stereocenters. The molecule has 25 heavy (non-hydrogen) atoms. The molecule has 0 aliphatic rings. The van der Waals surface area contributed by atoms with Crippen LogP contribution in [-0.2, 0) is 0 Å². The summed E-state index contributed by atoms with van der Waals surface area (Å²) in [5.41, 5.74) is 3.39. The third-order valence-electron chi connectivity index (χ3n) is 3.66. The van der Waals surface area contributed by atoms with Crippen LogP contribution in [0, 0.1) is 0 Å². The van der Waals surface area contributed by atoms with Gasteiger partial charge in [-0.3, -0.25) is 9.79 Å². The molecule has 0 heterocycles. The van der Waals surface area contributed by atoms with Crippen LogP contribution in [0.15, 0.2) is 94.4 Å². The summed E-state index contributed by atoms with van der Waals surface area (Å²) >= 11 is 3.51. The second-order valence-electron chi connectivity index (χ2n) is 5.40. The van der Waals surface area contributed by atoms with Crippen molar-refractivity contribution in [1.29, 1.82) is 0 Å². The number of ketones is 1. The van der Waals surface area contributed by atoms with E-state index in [1.807, 2.05) is 91.2 Å². The number of carbonyl (C=O) groups excluding carboxylic acids is 1. The van der Waals surface area contributed by atoms with E-state index in [1.165, 1.54) is 0 Å². The van der Waals surface area contributed by atoms with E-state index in [0.717, 1.165) is 21.3 Å². The van der Waals surface area contributed by atoms with Gasteiger partial charge in [0, 0.05) is 27.4 Å². The number of carbonyl (C=O) groups is 1. The van der Waals surface area contributed by atoms with Gasteiger partial charge in [-0.2, -0.15) is 0 Å². The molecule has 2 nitrogen and oxygen atoms in total. The summed E-state index contributed by atoms with van der Waals surface area (Å²) in [5.74, 6) is -0.0230. The van der Waals surface area contributed by atoms with Crippen LogP contribution in [0.4, 0.5) is 5.69 Å². The van der Waals surface area contributed by atoms with E-state index in [1.54, 1.807) is 6.08 Å². The van der Waals surface area contributed by atoms with Crippen molar-refractivity contribution in [2.24, 2.45) is 4.99 Å². The van der Waals surface area contributed by atoms with Gasteiger partial charge >= 0.3 is 0 Å². The van der Waals surface area contributed by atoms with Crippen LogP contribution >= 0.6 is 15.9 Å². The summed E-state index contributed by atoms with van der Waals surface area (Å²) in [4.78, 5) is 16.8. The van der Waals surface area contributed by atoms with Gasteiger partial charge < -0.3 is 0 Å². The maximum Gasteiger partial charge on any atom is 0.185 e. The number of halogens is 1. The molecule has 0 atom stereocenters. The molecule has 0 amide bonds. The highest BCUT2D eigenvalue weighted by atomic mass is 79.9. The highest BCUT2D eigenvalue weighted by Crippen LogP contribution is 2.22. The topological polar surface area (TPSA) is 29.4 Å². The van der Waals surface area contributed by atoms with Crippen LogP contribution in [0.3, 0.4) is 0 Å². The van der Waals surface area contributed by atoms with Crippen LogP contribution in [0.1, 0.15) is 21.5 Å². The summed E-state index contributed by atoms with van der Waals surface area (Å²) < 4.78 is 0.992. The van der Waals surface area contributed by atoms with E-state index in [2.05, 4.69) is 20.9 Å². The van der Waals surface area contributed by atoms with Gasteiger partial charge in [0.05, 0.1) is 5.69 Å². The third kappa shape index (κ3) is 4.61. The Bertz CT molecular complexity index is 930. The maximum absolute atomic E-state index is 12.2. The second kappa shape index (κ2) is 8.36. The van der Waals surface area contributed by atoms with Crippen molar-refractivity contribution in [3.63, 3.8) is 0 Å². The first-order valence-electron chi connectivity index (χ1n) is 7.89. The minimum atomic E-state index is -0.0230. The molecule has 0 saturated carbocycles. The van der Waals surface area contributed by atoms with Crippen molar-refractivity contribution < 1.29 is 4.79 Å². The van der Waals surface area contributed by atoms with Crippen LogP contribution in [0.2, 0.25) is 0 Å². The zero-order valence-electron chi connectivity index (χ0n) is 13.5. The molecule has 0 bridgehead atoms. The summed E-state index contributed by atoms with van der Waals surface area (Å²) in [5, 5.41) is 0. The number of para-hydroxylation sites is 1. The molecule has 0 aliphatic carbocycles. The quantitative estimate of drug-likeness (QED) is 0.294. The third-order valence-corrected chi connectivity index (χ3v) is 4.38. The first-order valence-corrected chi connectivity index (χ1v) is 8.68. The average molecular weight is 390 g/mol. The lowest BCUT2D eigenvalue weighted by atomic mass is 10.1. The molecule has 0 saturated heterocycles. The summed E-state index contributed by atoms with van der Waals surface area (Å²) in [6.07, 6.45) is 5.21. The van der Waals surface area contributed by atoms with Crippen LogP contribution in [0.5, 0.6) is 0 Å². The minimum Gasteiger partial charge on any atom is -0.289 e. The zero-order valence-corrected chi connectivity index (χ0v) is 15.1. The molecule has 0 N–H and O–H groups in total. The molecule has 122 valence electrons. The predicted octanol–water partition coefficient (Wildman–Crippen LogP) is 6.10. The number of aliphatic imine (C=N–C) groups is 1. The van der Waals surface area contributed by atoms with Gasteiger partial charge in [-0.15, -0.1) is 0 Å². The Morgan fingerprint density at radius 3 is 2.20 bits per heavy atom. The first-order chi connectivity index (χ1) is 12.2. The minimum absolute atomic E-state index is 0.0230. The predicted molar refractivity (Wildman–Crippen MR) is 108 cm³/mol. The first kappa shape index (κ1) is 17.1. The Hall–Kier alpha value is -2.78. The Kier molecular flexibility index (Phi) is 5.70. The molecule has 0 radical (unpaired) electrons. The fourth-order valence-electron chi connectivity index (χ4n) is 2.33. The standard InChI is InChI=1S/C22H16BrNO/c23-20-12-6-4-11-19(20)16-24-21-13-7-5-8-17(21)14-15-22(25)18-9-2-1-3-10-18/h1-16H/b15-14+,24-16?. The molecule has 0 aromatic heterocycles. The molecule has 3 heteroatoms. The average Bonchev–Trinajstić information content (AvgIpc) is 2.67. The Balaban J connectivity index is 1.83. The van der Waals surface area contributed by atoms with Crippen molar-refractivity contribution in [3.8, 4) is 0 Å². The molecule has 3 aromatic carbocycles. The number of hydrogen-bond acceptors (Lipinski definition) is 2. The van der Waals surface area contributed by atoms with E-state index in [0.29, 0.717) is 5.56 Å². The molecule has 3 aromatic rings. The molecule has 0 fully saturated rings. The number of nitrogens with zero attached hydrogens (tertiary/aromatic N) is 1. The van der Waals surface area contributed by atoms with E-state index < -0.39 is 0 Å². The van der Waals surface area contributed by atoms with Crippen molar-refractivity contribution >= 4 is 39.7 Å². The number of hydrogen-bond donors (Lipinski definition) is 0. The fourth-order valence-corrected chi connectivity index (χ4v) is 2.72. The number of allylic oxidation sites excluding steroid dienone is 1. The number of rotatable bonds is 5. The van der Waals surface area contributed by atoms with Gasteiger partial charge in [0.2, 0.25) is 0 Å². The SMILES string of the molecule is O=C(/C=C/c1ccccc1N=Cc1ccccc1Br)c1ccccc1. The smallest absolute Gasteiger partial charge is 0.185 e. The van der Waals surface area contributed by atoms with Gasteiger partial charge in [0.1, 0.15) is 0 Å². The van der Waals surface area contributed by atoms with Crippen molar-refractivity contribution in [2.45, 2.75) is 0 Å². The molecule has 0 spiro atoms. The summed E-state index contributed by atoms with van der Waals surface area (Å²) in [6.45, 7) is 0.